The Bertz CT molecular complexity index is 806. The van der Waals surface area contributed by atoms with Gasteiger partial charge in [-0.15, -0.1) is 0 Å². The van der Waals surface area contributed by atoms with Gasteiger partial charge in [-0.1, -0.05) is 30.3 Å². The fourth-order valence-electron chi connectivity index (χ4n) is 4.44. The van der Waals surface area contributed by atoms with Crippen LogP contribution in [0.5, 0.6) is 0 Å². The van der Waals surface area contributed by atoms with Crippen molar-refractivity contribution in [3.05, 3.63) is 66.0 Å². The van der Waals surface area contributed by atoms with Crippen molar-refractivity contribution in [1.29, 1.82) is 0 Å². The molecule has 0 aliphatic carbocycles. The van der Waals surface area contributed by atoms with E-state index in [0.29, 0.717) is 12.5 Å². The van der Waals surface area contributed by atoms with Crippen LogP contribution in [0.15, 0.2) is 54.6 Å². The minimum Gasteiger partial charge on any atom is -0.371 e. The molecule has 0 aromatic heterocycles. The van der Waals surface area contributed by atoms with Gasteiger partial charge in [0.25, 0.3) is 0 Å². The molecule has 2 heterocycles. The SMILES string of the molecule is O=C(NC[C@H]1CCN(c2ccc(F)cc2)C1)NC1CCN(Cc2ccccc2)CC1. The van der Waals surface area contributed by atoms with Gasteiger partial charge in [-0.25, -0.2) is 9.18 Å². The first kappa shape index (κ1) is 20.7. The molecular weight excluding hydrogens is 379 g/mol. The summed E-state index contributed by atoms with van der Waals surface area (Å²) in [5, 5.41) is 6.20. The second-order valence-electron chi connectivity index (χ2n) is 8.47. The van der Waals surface area contributed by atoms with Crippen LogP contribution in [-0.4, -0.2) is 49.7 Å². The number of nitrogens with one attached hydrogen (secondary N) is 2. The fraction of sp³-hybridized carbons (Fsp3) is 0.458. The van der Waals surface area contributed by atoms with Crippen LogP contribution in [0.3, 0.4) is 0 Å². The highest BCUT2D eigenvalue weighted by atomic mass is 19.1. The molecule has 1 atom stereocenters. The second-order valence-corrected chi connectivity index (χ2v) is 8.47. The van der Waals surface area contributed by atoms with E-state index in [-0.39, 0.29) is 17.9 Å². The number of carbonyl (C=O) groups excluding carboxylic acids is 1. The van der Waals surface area contributed by atoms with Crippen LogP contribution in [-0.2, 0) is 6.54 Å². The average Bonchev–Trinajstić information content (AvgIpc) is 3.24. The number of hydrogen-bond acceptors (Lipinski definition) is 3. The van der Waals surface area contributed by atoms with Crippen LogP contribution in [0.1, 0.15) is 24.8 Å². The molecule has 0 unspecified atom stereocenters. The van der Waals surface area contributed by atoms with Gasteiger partial charge in [0.05, 0.1) is 0 Å². The van der Waals surface area contributed by atoms with Crippen molar-refractivity contribution in [2.45, 2.75) is 31.8 Å². The minimum absolute atomic E-state index is 0.0586. The van der Waals surface area contributed by atoms with E-state index in [1.54, 1.807) is 0 Å². The third kappa shape index (κ3) is 5.72. The van der Waals surface area contributed by atoms with Crippen molar-refractivity contribution < 1.29 is 9.18 Å². The zero-order valence-electron chi connectivity index (χ0n) is 17.4. The highest BCUT2D eigenvalue weighted by Crippen LogP contribution is 2.23. The van der Waals surface area contributed by atoms with E-state index in [2.05, 4.69) is 44.7 Å². The quantitative estimate of drug-likeness (QED) is 0.765. The molecule has 2 N–H and O–H groups in total. The fourth-order valence-corrected chi connectivity index (χ4v) is 4.44. The number of urea groups is 1. The lowest BCUT2D eigenvalue weighted by Crippen LogP contribution is -2.48. The van der Waals surface area contributed by atoms with Crippen molar-refractivity contribution in [3.63, 3.8) is 0 Å². The van der Waals surface area contributed by atoms with Gasteiger partial charge in [-0.3, -0.25) is 4.90 Å². The van der Waals surface area contributed by atoms with E-state index in [4.69, 9.17) is 0 Å². The number of halogens is 1. The summed E-state index contributed by atoms with van der Waals surface area (Å²) in [4.78, 5) is 17.0. The van der Waals surface area contributed by atoms with Gasteiger partial charge < -0.3 is 15.5 Å². The number of nitrogens with zero attached hydrogens (tertiary/aromatic N) is 2. The maximum Gasteiger partial charge on any atom is 0.315 e. The number of piperidine rings is 1. The summed E-state index contributed by atoms with van der Waals surface area (Å²) < 4.78 is 13.1. The van der Waals surface area contributed by atoms with Gasteiger partial charge in [-0.05, 0) is 55.0 Å². The molecule has 2 amide bonds. The summed E-state index contributed by atoms with van der Waals surface area (Å²) in [7, 11) is 0. The second kappa shape index (κ2) is 9.94. The van der Waals surface area contributed by atoms with E-state index in [1.807, 2.05) is 18.2 Å². The topological polar surface area (TPSA) is 47.6 Å². The average molecular weight is 411 g/mol. The number of anilines is 1. The van der Waals surface area contributed by atoms with Gasteiger partial charge in [0.1, 0.15) is 5.82 Å². The molecule has 160 valence electrons. The lowest BCUT2D eigenvalue weighted by atomic mass is 10.0. The maximum absolute atomic E-state index is 13.1. The lowest BCUT2D eigenvalue weighted by Gasteiger charge is -2.32. The minimum atomic E-state index is -0.210. The molecule has 2 aromatic carbocycles. The summed E-state index contributed by atoms with van der Waals surface area (Å²) in [6, 6.07) is 17.4. The molecule has 6 heteroatoms. The van der Waals surface area contributed by atoms with Gasteiger partial charge in [-0.2, -0.15) is 0 Å². The first-order valence-corrected chi connectivity index (χ1v) is 11.0. The summed E-state index contributed by atoms with van der Waals surface area (Å²) in [6.07, 6.45) is 3.01. The highest BCUT2D eigenvalue weighted by Gasteiger charge is 2.24. The monoisotopic (exact) mass is 410 g/mol. The van der Waals surface area contributed by atoms with E-state index < -0.39 is 0 Å². The molecule has 2 saturated heterocycles. The van der Waals surface area contributed by atoms with Crippen LogP contribution in [0.4, 0.5) is 14.9 Å². The van der Waals surface area contributed by atoms with Gasteiger partial charge in [0.15, 0.2) is 0 Å². The Morgan fingerprint density at radius 3 is 2.43 bits per heavy atom. The molecule has 5 nitrogen and oxygen atoms in total. The van der Waals surface area contributed by atoms with E-state index in [9.17, 15) is 9.18 Å². The lowest BCUT2D eigenvalue weighted by molar-refractivity contribution is 0.186. The standard InChI is InChI=1S/C24H31FN4O/c25-21-6-8-23(9-7-21)29-15-10-20(18-29)16-26-24(30)27-22-11-13-28(14-12-22)17-19-4-2-1-3-5-19/h1-9,20,22H,10-18H2,(H2,26,27,30)/t20-/m1/s1. The number of amides is 2. The largest absolute Gasteiger partial charge is 0.371 e. The van der Waals surface area contributed by atoms with Gasteiger partial charge in [0.2, 0.25) is 0 Å². The molecule has 2 fully saturated rings. The molecule has 0 spiro atoms. The smallest absolute Gasteiger partial charge is 0.315 e. The van der Waals surface area contributed by atoms with Crippen molar-refractivity contribution in [2.24, 2.45) is 5.92 Å². The van der Waals surface area contributed by atoms with Crippen LogP contribution >= 0.6 is 0 Å². The van der Waals surface area contributed by atoms with Crippen LogP contribution in [0.2, 0.25) is 0 Å². The summed E-state index contributed by atoms with van der Waals surface area (Å²) in [5.74, 6) is 0.215. The summed E-state index contributed by atoms with van der Waals surface area (Å²) in [5.41, 5.74) is 2.39. The van der Waals surface area contributed by atoms with Crippen molar-refractivity contribution in [3.8, 4) is 0 Å². The Morgan fingerprint density at radius 1 is 0.967 bits per heavy atom. The molecule has 2 aliphatic heterocycles. The first-order chi connectivity index (χ1) is 14.7. The van der Waals surface area contributed by atoms with Crippen LogP contribution in [0.25, 0.3) is 0 Å². The summed E-state index contributed by atoms with van der Waals surface area (Å²) in [6.45, 7) is 5.51. The Kier molecular flexibility index (Phi) is 6.84. The van der Waals surface area contributed by atoms with Gasteiger partial charge >= 0.3 is 6.03 Å². The molecule has 4 rings (SSSR count). The van der Waals surface area contributed by atoms with Gasteiger partial charge in [0, 0.05) is 51.0 Å². The summed E-state index contributed by atoms with van der Waals surface area (Å²) >= 11 is 0. The molecular formula is C24H31FN4O. The third-order valence-corrected chi connectivity index (χ3v) is 6.20. The normalized spacial score (nSPS) is 20.3. The van der Waals surface area contributed by atoms with Crippen molar-refractivity contribution in [2.75, 3.05) is 37.6 Å². The Balaban J connectivity index is 1.13. The Hall–Kier alpha value is -2.60. The molecule has 2 aromatic rings. The van der Waals surface area contributed by atoms with Crippen LogP contribution < -0.4 is 15.5 Å². The van der Waals surface area contributed by atoms with E-state index in [0.717, 1.165) is 57.7 Å². The zero-order valence-corrected chi connectivity index (χ0v) is 17.4. The number of rotatable bonds is 6. The molecule has 0 bridgehead atoms. The zero-order chi connectivity index (χ0) is 20.8. The number of benzene rings is 2. The van der Waals surface area contributed by atoms with E-state index in [1.165, 1.54) is 17.7 Å². The van der Waals surface area contributed by atoms with Crippen molar-refractivity contribution in [1.82, 2.24) is 15.5 Å². The molecule has 30 heavy (non-hydrogen) atoms. The van der Waals surface area contributed by atoms with Crippen LogP contribution in [0, 0.1) is 11.7 Å². The molecule has 2 aliphatic rings. The molecule has 0 radical (unpaired) electrons. The number of hydrogen-bond donors (Lipinski definition) is 2. The van der Waals surface area contributed by atoms with E-state index >= 15 is 0 Å². The highest BCUT2D eigenvalue weighted by molar-refractivity contribution is 5.74. The first-order valence-electron chi connectivity index (χ1n) is 11.0. The Morgan fingerprint density at radius 2 is 1.70 bits per heavy atom. The maximum atomic E-state index is 13.1. The van der Waals surface area contributed by atoms with Crippen molar-refractivity contribution >= 4 is 11.7 Å². The Labute approximate surface area is 178 Å². The third-order valence-electron chi connectivity index (χ3n) is 6.20. The predicted octanol–water partition coefficient (Wildman–Crippen LogP) is 3.62. The number of carbonyl (C=O) groups is 1. The number of likely N-dealkylation sites (tertiary alicyclic amines) is 1. The predicted molar refractivity (Wildman–Crippen MR) is 118 cm³/mol. The molecule has 0 saturated carbocycles.